The second-order valence-electron chi connectivity index (χ2n) is 4.45. The van der Waals surface area contributed by atoms with Crippen molar-refractivity contribution in [2.45, 2.75) is 12.5 Å². The molecule has 2 rings (SSSR count). The van der Waals surface area contributed by atoms with Gasteiger partial charge < -0.3 is 10.6 Å². The smallest absolute Gasteiger partial charge is 0.0551 e. The van der Waals surface area contributed by atoms with E-state index in [1.165, 1.54) is 11.3 Å². The van der Waals surface area contributed by atoms with Gasteiger partial charge in [-0.3, -0.25) is 0 Å². The Balaban J connectivity index is 2.26. The molecule has 0 amide bonds. The van der Waals surface area contributed by atoms with Crippen molar-refractivity contribution in [2.24, 2.45) is 5.73 Å². The van der Waals surface area contributed by atoms with Gasteiger partial charge in [-0.1, -0.05) is 48.5 Å². The van der Waals surface area contributed by atoms with Crippen molar-refractivity contribution in [3.05, 3.63) is 66.2 Å². The quantitative estimate of drug-likeness (QED) is 0.869. The van der Waals surface area contributed by atoms with Crippen molar-refractivity contribution >= 4 is 5.69 Å². The van der Waals surface area contributed by atoms with E-state index in [9.17, 15) is 0 Å². The number of rotatable bonds is 5. The molecule has 2 aromatic rings. The number of hydrogen-bond donors (Lipinski definition) is 1. The number of hydrogen-bond acceptors (Lipinski definition) is 2. The topological polar surface area (TPSA) is 29.3 Å². The zero-order valence-electron chi connectivity index (χ0n) is 10.8. The highest BCUT2D eigenvalue weighted by Crippen LogP contribution is 2.27. The van der Waals surface area contributed by atoms with Crippen LogP contribution in [-0.4, -0.2) is 13.6 Å². The van der Waals surface area contributed by atoms with Crippen LogP contribution in [0.1, 0.15) is 18.0 Å². The molecule has 0 aliphatic rings. The Bertz CT molecular complexity index is 453. The predicted molar refractivity (Wildman–Crippen MR) is 77.7 cm³/mol. The molecule has 0 bridgehead atoms. The zero-order valence-corrected chi connectivity index (χ0v) is 10.8. The Hall–Kier alpha value is -1.80. The summed E-state index contributed by atoms with van der Waals surface area (Å²) in [5, 5.41) is 0. The molecule has 0 fully saturated rings. The molecule has 1 unspecified atom stereocenters. The van der Waals surface area contributed by atoms with Crippen LogP contribution >= 0.6 is 0 Å². The molecule has 94 valence electrons. The van der Waals surface area contributed by atoms with Gasteiger partial charge in [0.2, 0.25) is 0 Å². The van der Waals surface area contributed by atoms with Crippen molar-refractivity contribution in [2.75, 3.05) is 18.5 Å². The first kappa shape index (κ1) is 12.7. The van der Waals surface area contributed by atoms with Crippen molar-refractivity contribution in [1.29, 1.82) is 0 Å². The summed E-state index contributed by atoms with van der Waals surface area (Å²) in [6.07, 6.45) is 0.954. The van der Waals surface area contributed by atoms with E-state index in [-0.39, 0.29) is 0 Å². The molecule has 0 heterocycles. The third-order valence-corrected chi connectivity index (χ3v) is 3.26. The van der Waals surface area contributed by atoms with Gasteiger partial charge in [-0.15, -0.1) is 0 Å². The Morgan fingerprint density at radius 1 is 0.944 bits per heavy atom. The lowest BCUT2D eigenvalue weighted by Gasteiger charge is -2.30. The van der Waals surface area contributed by atoms with E-state index in [4.69, 9.17) is 5.73 Å². The molecular weight excluding hydrogens is 220 g/mol. The fraction of sp³-hybridized carbons (Fsp3) is 0.250. The lowest BCUT2D eigenvalue weighted by atomic mass is 10.0. The molecule has 2 N–H and O–H groups in total. The van der Waals surface area contributed by atoms with Gasteiger partial charge in [0.1, 0.15) is 0 Å². The first-order chi connectivity index (χ1) is 8.83. The maximum absolute atomic E-state index is 5.76. The van der Waals surface area contributed by atoms with E-state index in [0.29, 0.717) is 12.6 Å². The van der Waals surface area contributed by atoms with Crippen molar-refractivity contribution in [1.82, 2.24) is 0 Å². The minimum absolute atomic E-state index is 0.332. The van der Waals surface area contributed by atoms with Crippen LogP contribution in [0.3, 0.4) is 0 Å². The molecule has 2 aromatic carbocycles. The number of nitrogens with zero attached hydrogens (tertiary/aromatic N) is 1. The molecular formula is C16H20N2. The van der Waals surface area contributed by atoms with Crippen LogP contribution in [0, 0.1) is 0 Å². The lowest BCUT2D eigenvalue weighted by molar-refractivity contribution is 0.620. The Labute approximate surface area is 109 Å². The van der Waals surface area contributed by atoms with E-state index in [0.717, 1.165) is 6.42 Å². The van der Waals surface area contributed by atoms with Crippen LogP contribution < -0.4 is 10.6 Å². The zero-order chi connectivity index (χ0) is 12.8. The largest absolute Gasteiger partial charge is 0.368 e. The Morgan fingerprint density at radius 3 is 2.06 bits per heavy atom. The van der Waals surface area contributed by atoms with Gasteiger partial charge in [0, 0.05) is 12.7 Å². The van der Waals surface area contributed by atoms with Crippen LogP contribution in [0.15, 0.2) is 60.7 Å². The predicted octanol–water partition coefficient (Wildman–Crippen LogP) is 3.21. The van der Waals surface area contributed by atoms with Gasteiger partial charge in [-0.25, -0.2) is 0 Å². The standard InChI is InChI=1S/C16H20N2/c1-18(15-10-6-3-7-11-15)16(12-13-17)14-8-4-2-5-9-14/h2-11,16H,12-13,17H2,1H3. The number of para-hydroxylation sites is 1. The first-order valence-electron chi connectivity index (χ1n) is 6.36. The SMILES string of the molecule is CN(c1ccccc1)C(CCN)c1ccccc1. The summed E-state index contributed by atoms with van der Waals surface area (Å²) < 4.78 is 0. The van der Waals surface area contributed by atoms with E-state index < -0.39 is 0 Å². The average Bonchev–Trinajstić information content (AvgIpc) is 2.46. The number of benzene rings is 2. The Kier molecular flexibility index (Phi) is 4.37. The fourth-order valence-corrected chi connectivity index (χ4v) is 2.26. The first-order valence-corrected chi connectivity index (χ1v) is 6.36. The maximum atomic E-state index is 5.76. The van der Waals surface area contributed by atoms with Gasteiger partial charge in [0.25, 0.3) is 0 Å². The summed E-state index contributed by atoms with van der Waals surface area (Å²) in [5.74, 6) is 0. The number of anilines is 1. The van der Waals surface area contributed by atoms with Crippen molar-refractivity contribution in [3.63, 3.8) is 0 Å². The van der Waals surface area contributed by atoms with Gasteiger partial charge in [0.15, 0.2) is 0 Å². The monoisotopic (exact) mass is 240 g/mol. The molecule has 2 heteroatoms. The van der Waals surface area contributed by atoms with Gasteiger partial charge in [-0.2, -0.15) is 0 Å². The highest BCUT2D eigenvalue weighted by molar-refractivity contribution is 5.47. The molecule has 0 aliphatic heterocycles. The van der Waals surface area contributed by atoms with Crippen LogP contribution in [0.4, 0.5) is 5.69 Å². The summed E-state index contributed by atoms with van der Waals surface area (Å²) in [6.45, 7) is 0.691. The highest BCUT2D eigenvalue weighted by Gasteiger charge is 2.16. The summed E-state index contributed by atoms with van der Waals surface area (Å²) in [7, 11) is 2.13. The minimum Gasteiger partial charge on any atom is -0.368 e. The summed E-state index contributed by atoms with van der Waals surface area (Å²) >= 11 is 0. The molecule has 0 saturated carbocycles. The van der Waals surface area contributed by atoms with E-state index in [1.807, 2.05) is 12.1 Å². The molecule has 0 spiro atoms. The van der Waals surface area contributed by atoms with Gasteiger partial charge in [-0.05, 0) is 30.7 Å². The van der Waals surface area contributed by atoms with Crippen LogP contribution in [0.5, 0.6) is 0 Å². The van der Waals surface area contributed by atoms with Crippen molar-refractivity contribution < 1.29 is 0 Å². The summed E-state index contributed by atoms with van der Waals surface area (Å²) in [6, 6.07) is 21.3. The molecule has 0 aromatic heterocycles. The molecule has 0 radical (unpaired) electrons. The van der Waals surface area contributed by atoms with E-state index in [2.05, 4.69) is 60.5 Å². The van der Waals surface area contributed by atoms with Crippen LogP contribution in [0.25, 0.3) is 0 Å². The molecule has 1 atom stereocenters. The van der Waals surface area contributed by atoms with Gasteiger partial charge >= 0.3 is 0 Å². The third kappa shape index (κ3) is 2.90. The van der Waals surface area contributed by atoms with Crippen LogP contribution in [0.2, 0.25) is 0 Å². The maximum Gasteiger partial charge on any atom is 0.0551 e. The minimum atomic E-state index is 0.332. The van der Waals surface area contributed by atoms with E-state index >= 15 is 0 Å². The summed E-state index contributed by atoms with van der Waals surface area (Å²) in [4.78, 5) is 2.29. The third-order valence-electron chi connectivity index (χ3n) is 3.26. The second-order valence-corrected chi connectivity index (χ2v) is 4.45. The number of nitrogens with two attached hydrogens (primary N) is 1. The van der Waals surface area contributed by atoms with Crippen molar-refractivity contribution in [3.8, 4) is 0 Å². The highest BCUT2D eigenvalue weighted by atomic mass is 15.1. The lowest BCUT2D eigenvalue weighted by Crippen LogP contribution is -2.26. The molecule has 2 nitrogen and oxygen atoms in total. The molecule has 18 heavy (non-hydrogen) atoms. The molecule has 0 aliphatic carbocycles. The van der Waals surface area contributed by atoms with E-state index in [1.54, 1.807) is 0 Å². The molecule has 0 saturated heterocycles. The fourth-order valence-electron chi connectivity index (χ4n) is 2.26. The second kappa shape index (κ2) is 6.22. The summed E-state index contributed by atoms with van der Waals surface area (Å²) in [5.41, 5.74) is 8.29. The van der Waals surface area contributed by atoms with Crippen LogP contribution in [-0.2, 0) is 0 Å². The van der Waals surface area contributed by atoms with Gasteiger partial charge in [0.05, 0.1) is 6.04 Å². The normalized spacial score (nSPS) is 12.1. The average molecular weight is 240 g/mol. The Morgan fingerprint density at radius 2 is 1.50 bits per heavy atom.